The number of halogens is 1. The Labute approximate surface area is 170 Å². The van der Waals surface area contributed by atoms with Crippen molar-refractivity contribution in [1.29, 1.82) is 0 Å². The zero-order valence-electron chi connectivity index (χ0n) is 15.9. The van der Waals surface area contributed by atoms with E-state index in [1.165, 1.54) is 23.0 Å². The SMILES string of the molecule is COC(=O)c1nc(-c2cncc(F)c2)c2c(=O)n(Cc3ccccc3)ccc2c1O. The summed E-state index contributed by atoms with van der Waals surface area (Å²) in [7, 11) is 1.15. The minimum Gasteiger partial charge on any atom is -0.505 e. The van der Waals surface area contributed by atoms with Crippen LogP contribution < -0.4 is 5.56 Å². The van der Waals surface area contributed by atoms with E-state index in [4.69, 9.17) is 0 Å². The molecule has 1 N–H and O–H groups in total. The second kappa shape index (κ2) is 7.75. The molecule has 30 heavy (non-hydrogen) atoms. The maximum Gasteiger partial charge on any atom is 0.360 e. The van der Waals surface area contributed by atoms with Gasteiger partial charge in [-0.3, -0.25) is 9.78 Å². The van der Waals surface area contributed by atoms with Crippen LogP contribution in [-0.2, 0) is 11.3 Å². The highest BCUT2D eigenvalue weighted by Crippen LogP contribution is 2.33. The average Bonchev–Trinajstić information content (AvgIpc) is 2.76. The van der Waals surface area contributed by atoms with E-state index >= 15 is 0 Å². The number of carbonyl (C=O) groups is 1. The van der Waals surface area contributed by atoms with Crippen LogP contribution in [0.5, 0.6) is 5.75 Å². The third-order valence-corrected chi connectivity index (χ3v) is 4.66. The molecule has 0 aliphatic carbocycles. The van der Waals surface area contributed by atoms with Crippen molar-refractivity contribution in [2.45, 2.75) is 6.54 Å². The van der Waals surface area contributed by atoms with Gasteiger partial charge in [-0.1, -0.05) is 30.3 Å². The number of nitrogens with zero attached hydrogens (tertiary/aromatic N) is 3. The second-order valence-electron chi connectivity index (χ2n) is 6.56. The highest BCUT2D eigenvalue weighted by atomic mass is 19.1. The van der Waals surface area contributed by atoms with Gasteiger partial charge in [-0.2, -0.15) is 0 Å². The Hall–Kier alpha value is -4.07. The molecule has 4 aromatic rings. The predicted molar refractivity (Wildman–Crippen MR) is 108 cm³/mol. The lowest BCUT2D eigenvalue weighted by atomic mass is 10.0. The Morgan fingerprint density at radius 1 is 1.20 bits per heavy atom. The number of aromatic hydroxyl groups is 1. The third kappa shape index (κ3) is 3.39. The first kappa shape index (κ1) is 19.3. The number of fused-ring (bicyclic) bond motifs is 1. The minimum absolute atomic E-state index is 0.0302. The number of hydrogen-bond acceptors (Lipinski definition) is 6. The molecule has 0 aliphatic rings. The number of carbonyl (C=O) groups excluding carboxylic acids is 1. The molecular formula is C22H16FN3O4. The maximum absolute atomic E-state index is 13.8. The Morgan fingerprint density at radius 2 is 1.97 bits per heavy atom. The van der Waals surface area contributed by atoms with E-state index in [1.807, 2.05) is 30.3 Å². The van der Waals surface area contributed by atoms with Crippen molar-refractivity contribution in [3.05, 3.63) is 88.5 Å². The van der Waals surface area contributed by atoms with E-state index in [0.29, 0.717) is 0 Å². The van der Waals surface area contributed by atoms with Crippen molar-refractivity contribution in [2.24, 2.45) is 0 Å². The number of rotatable bonds is 4. The van der Waals surface area contributed by atoms with Crippen LogP contribution in [0.3, 0.4) is 0 Å². The third-order valence-electron chi connectivity index (χ3n) is 4.66. The largest absolute Gasteiger partial charge is 0.505 e. The molecule has 0 saturated heterocycles. The lowest BCUT2D eigenvalue weighted by Crippen LogP contribution is -2.21. The van der Waals surface area contributed by atoms with E-state index in [2.05, 4.69) is 14.7 Å². The fraction of sp³-hybridized carbons (Fsp3) is 0.0909. The number of hydrogen-bond donors (Lipinski definition) is 1. The molecule has 0 fully saturated rings. The molecule has 0 spiro atoms. The summed E-state index contributed by atoms with van der Waals surface area (Å²) in [6.07, 6.45) is 3.87. The molecule has 0 saturated carbocycles. The summed E-state index contributed by atoms with van der Waals surface area (Å²) in [6.45, 7) is 0.288. The van der Waals surface area contributed by atoms with Gasteiger partial charge in [0, 0.05) is 23.3 Å². The van der Waals surface area contributed by atoms with Gasteiger partial charge in [-0.15, -0.1) is 0 Å². The van der Waals surface area contributed by atoms with E-state index in [-0.39, 0.29) is 34.3 Å². The summed E-state index contributed by atoms with van der Waals surface area (Å²) in [6, 6.07) is 12.0. The molecule has 0 aliphatic heterocycles. The molecule has 4 rings (SSSR count). The summed E-state index contributed by atoms with van der Waals surface area (Å²) in [4.78, 5) is 33.3. The van der Waals surface area contributed by atoms with Crippen molar-refractivity contribution in [2.75, 3.05) is 7.11 Å². The highest BCUT2D eigenvalue weighted by molar-refractivity contribution is 6.04. The van der Waals surface area contributed by atoms with Crippen LogP contribution in [0.4, 0.5) is 4.39 Å². The van der Waals surface area contributed by atoms with Crippen molar-refractivity contribution < 1.29 is 19.0 Å². The summed E-state index contributed by atoms with van der Waals surface area (Å²) in [5.74, 6) is -1.99. The lowest BCUT2D eigenvalue weighted by Gasteiger charge is -2.13. The van der Waals surface area contributed by atoms with Crippen LogP contribution >= 0.6 is 0 Å². The van der Waals surface area contributed by atoms with Crippen LogP contribution in [0.1, 0.15) is 16.1 Å². The Kier molecular flexibility index (Phi) is 4.97. The number of ether oxygens (including phenoxy) is 1. The van der Waals surface area contributed by atoms with Crippen molar-refractivity contribution in [3.8, 4) is 17.0 Å². The summed E-state index contributed by atoms with van der Waals surface area (Å²) in [5.41, 5.74) is 0.304. The van der Waals surface area contributed by atoms with Crippen molar-refractivity contribution in [3.63, 3.8) is 0 Å². The van der Waals surface area contributed by atoms with Gasteiger partial charge in [0.25, 0.3) is 5.56 Å². The Morgan fingerprint density at radius 3 is 2.67 bits per heavy atom. The summed E-state index contributed by atoms with van der Waals surface area (Å²) < 4.78 is 19.9. The van der Waals surface area contributed by atoms with Gasteiger partial charge in [0.05, 0.1) is 30.9 Å². The zero-order chi connectivity index (χ0) is 21.3. The van der Waals surface area contributed by atoms with Gasteiger partial charge in [0.2, 0.25) is 0 Å². The first-order chi connectivity index (χ1) is 14.5. The van der Waals surface area contributed by atoms with Crippen LogP contribution in [0.2, 0.25) is 0 Å². The van der Waals surface area contributed by atoms with E-state index in [0.717, 1.165) is 24.9 Å². The molecule has 0 unspecified atom stereocenters. The van der Waals surface area contributed by atoms with Crippen molar-refractivity contribution in [1.82, 2.24) is 14.5 Å². The van der Waals surface area contributed by atoms with Crippen LogP contribution in [0.15, 0.2) is 65.8 Å². The molecule has 0 atom stereocenters. The number of pyridine rings is 3. The van der Waals surface area contributed by atoms with Gasteiger partial charge >= 0.3 is 5.97 Å². The average molecular weight is 405 g/mol. The zero-order valence-corrected chi connectivity index (χ0v) is 15.9. The van der Waals surface area contributed by atoms with E-state index < -0.39 is 23.1 Å². The fourth-order valence-corrected chi connectivity index (χ4v) is 3.24. The lowest BCUT2D eigenvalue weighted by molar-refractivity contribution is 0.0591. The van der Waals surface area contributed by atoms with Gasteiger partial charge in [0.1, 0.15) is 5.82 Å². The molecule has 8 heteroatoms. The van der Waals surface area contributed by atoms with E-state index in [9.17, 15) is 19.1 Å². The summed E-state index contributed by atoms with van der Waals surface area (Å²) >= 11 is 0. The smallest absolute Gasteiger partial charge is 0.360 e. The molecule has 0 bridgehead atoms. The molecule has 3 heterocycles. The normalized spacial score (nSPS) is 10.9. The van der Waals surface area contributed by atoms with Crippen molar-refractivity contribution >= 4 is 16.7 Å². The maximum atomic E-state index is 13.8. The second-order valence-corrected chi connectivity index (χ2v) is 6.56. The van der Waals surface area contributed by atoms with Crippen LogP contribution in [0.25, 0.3) is 22.0 Å². The minimum atomic E-state index is -0.881. The van der Waals surface area contributed by atoms with Gasteiger partial charge < -0.3 is 14.4 Å². The first-order valence-corrected chi connectivity index (χ1v) is 8.99. The highest BCUT2D eigenvalue weighted by Gasteiger charge is 2.23. The van der Waals surface area contributed by atoms with E-state index in [1.54, 1.807) is 0 Å². The fourth-order valence-electron chi connectivity index (χ4n) is 3.24. The number of benzene rings is 1. The molecule has 7 nitrogen and oxygen atoms in total. The Bertz CT molecular complexity index is 1320. The topological polar surface area (TPSA) is 94.3 Å². The number of methoxy groups -OCH3 is 1. The predicted octanol–water partition coefficient (Wildman–Crippen LogP) is 3.14. The van der Waals surface area contributed by atoms with Gasteiger partial charge in [-0.05, 0) is 17.7 Å². The number of esters is 1. The van der Waals surface area contributed by atoms with Crippen LogP contribution in [0, 0.1) is 5.82 Å². The van der Waals surface area contributed by atoms with Crippen LogP contribution in [-0.4, -0.2) is 32.7 Å². The molecular weight excluding hydrogens is 389 g/mol. The number of aromatic nitrogens is 3. The van der Waals surface area contributed by atoms with Gasteiger partial charge in [0.15, 0.2) is 11.4 Å². The quantitative estimate of drug-likeness (QED) is 0.524. The molecule has 0 amide bonds. The molecule has 0 radical (unpaired) electrons. The summed E-state index contributed by atoms with van der Waals surface area (Å²) in [5, 5.41) is 10.7. The standard InChI is InChI=1S/C22H16FN3O4/c1-30-22(29)19-20(27)16-7-8-26(12-13-5-3-2-4-6-13)21(28)17(16)18(25-19)14-9-15(23)11-24-10-14/h2-11,27H,12H2,1H3. The molecule has 150 valence electrons. The molecule has 1 aromatic carbocycles. The molecule has 3 aromatic heterocycles. The van der Waals surface area contributed by atoms with Gasteiger partial charge in [-0.25, -0.2) is 14.2 Å². The first-order valence-electron chi connectivity index (χ1n) is 8.99. The monoisotopic (exact) mass is 405 g/mol. The Balaban J connectivity index is 2.02.